The Kier molecular flexibility index (Phi) is 7.55. The minimum Gasteiger partial charge on any atom is -0.494 e. The molecule has 0 radical (unpaired) electrons. The van der Waals surface area contributed by atoms with Crippen LogP contribution in [0.5, 0.6) is 5.75 Å². The van der Waals surface area contributed by atoms with Gasteiger partial charge in [-0.3, -0.25) is 4.79 Å². The summed E-state index contributed by atoms with van der Waals surface area (Å²) >= 11 is 3.07. The molecule has 1 aromatic carbocycles. The van der Waals surface area contributed by atoms with E-state index in [-0.39, 0.29) is 5.91 Å². The summed E-state index contributed by atoms with van der Waals surface area (Å²) in [5, 5.41) is 5.28. The number of benzene rings is 1. The van der Waals surface area contributed by atoms with Crippen LogP contribution in [-0.4, -0.2) is 35.5 Å². The fourth-order valence-corrected chi connectivity index (χ4v) is 3.19. The van der Waals surface area contributed by atoms with Crippen LogP contribution in [0.25, 0.3) is 11.3 Å². The number of carbonyl (C=O) groups excluding carboxylic acids is 1. The number of hydrogen-bond acceptors (Lipinski definition) is 6. The van der Waals surface area contributed by atoms with Crippen molar-refractivity contribution < 1.29 is 9.53 Å². The van der Waals surface area contributed by atoms with Crippen LogP contribution in [0, 0.1) is 0 Å². The third-order valence-corrected chi connectivity index (χ3v) is 4.73. The van der Waals surface area contributed by atoms with Crippen LogP contribution in [0.3, 0.4) is 0 Å². The van der Waals surface area contributed by atoms with E-state index in [1.807, 2.05) is 35.9 Å². The Hall–Kier alpha value is -1.57. The Balaban J connectivity index is 1.96. The van der Waals surface area contributed by atoms with Crippen molar-refractivity contribution >= 4 is 34.1 Å². The maximum atomic E-state index is 12.0. The summed E-state index contributed by atoms with van der Waals surface area (Å²) in [7, 11) is 0. The minimum absolute atomic E-state index is 0.187. The predicted octanol–water partition coefficient (Wildman–Crippen LogP) is 3.62. The summed E-state index contributed by atoms with van der Waals surface area (Å²) in [4.78, 5) is 16.5. The van der Waals surface area contributed by atoms with E-state index >= 15 is 0 Å². The van der Waals surface area contributed by atoms with Crippen LogP contribution in [0.1, 0.15) is 19.8 Å². The second-order valence-corrected chi connectivity index (χ2v) is 7.13. The normalized spacial score (nSPS) is 12.0. The molecule has 1 heterocycles. The van der Waals surface area contributed by atoms with Crippen molar-refractivity contribution in [3.63, 3.8) is 0 Å². The molecular weight excluding hydrogens is 342 g/mol. The van der Waals surface area contributed by atoms with E-state index in [0.29, 0.717) is 18.2 Å². The van der Waals surface area contributed by atoms with E-state index in [0.717, 1.165) is 29.2 Å². The standard InChI is InChI=1S/C17H23N3O2S2/c1-3-9-22-13-6-4-12(5-7-13)15-11-24-17(19-15)20-16(21)14(18)8-10-23-2/h4-7,11,14H,3,8-10,18H2,1-2H3,(H,19,20,21)/t14-/m0/s1. The average molecular weight is 366 g/mol. The molecule has 5 nitrogen and oxygen atoms in total. The molecule has 0 aliphatic heterocycles. The highest BCUT2D eigenvalue weighted by molar-refractivity contribution is 7.98. The fraction of sp³-hybridized carbons (Fsp3) is 0.412. The summed E-state index contributed by atoms with van der Waals surface area (Å²) in [5.41, 5.74) is 7.68. The fourth-order valence-electron chi connectivity index (χ4n) is 1.98. The van der Waals surface area contributed by atoms with Crippen molar-refractivity contribution in [2.24, 2.45) is 5.73 Å². The molecule has 0 aliphatic rings. The SMILES string of the molecule is CCCOc1ccc(-c2csc(NC(=O)[C@@H](N)CCSC)n2)cc1. The molecule has 0 bridgehead atoms. The molecule has 130 valence electrons. The molecule has 2 rings (SSSR count). The lowest BCUT2D eigenvalue weighted by molar-refractivity contribution is -0.117. The molecule has 1 atom stereocenters. The number of ether oxygens (including phenoxy) is 1. The van der Waals surface area contributed by atoms with Crippen molar-refractivity contribution in [2.45, 2.75) is 25.8 Å². The summed E-state index contributed by atoms with van der Waals surface area (Å²) in [5.74, 6) is 1.53. The number of thioether (sulfide) groups is 1. The van der Waals surface area contributed by atoms with E-state index in [9.17, 15) is 4.79 Å². The monoisotopic (exact) mass is 365 g/mol. The van der Waals surface area contributed by atoms with Crippen molar-refractivity contribution in [1.82, 2.24) is 4.98 Å². The van der Waals surface area contributed by atoms with Crippen LogP contribution in [-0.2, 0) is 4.79 Å². The topological polar surface area (TPSA) is 77.2 Å². The first kappa shape index (κ1) is 18.8. The van der Waals surface area contributed by atoms with E-state index in [2.05, 4.69) is 17.2 Å². The zero-order chi connectivity index (χ0) is 17.4. The first-order chi connectivity index (χ1) is 11.6. The number of thiazole rings is 1. The average Bonchev–Trinajstić information content (AvgIpc) is 3.06. The largest absolute Gasteiger partial charge is 0.494 e. The summed E-state index contributed by atoms with van der Waals surface area (Å²) in [6, 6.07) is 7.30. The van der Waals surface area contributed by atoms with E-state index < -0.39 is 6.04 Å². The quantitative estimate of drug-likeness (QED) is 0.710. The van der Waals surface area contributed by atoms with Crippen LogP contribution in [0.2, 0.25) is 0 Å². The molecule has 3 N–H and O–H groups in total. The summed E-state index contributed by atoms with van der Waals surface area (Å²) in [6.07, 6.45) is 3.64. The Morgan fingerprint density at radius 2 is 2.17 bits per heavy atom. The Morgan fingerprint density at radius 1 is 1.42 bits per heavy atom. The zero-order valence-electron chi connectivity index (χ0n) is 14.0. The molecule has 0 saturated heterocycles. The van der Waals surface area contributed by atoms with Gasteiger partial charge < -0.3 is 15.8 Å². The molecule has 1 aromatic heterocycles. The van der Waals surface area contributed by atoms with Crippen molar-refractivity contribution in [3.05, 3.63) is 29.6 Å². The number of nitrogens with zero attached hydrogens (tertiary/aromatic N) is 1. The van der Waals surface area contributed by atoms with Crippen molar-refractivity contribution in [3.8, 4) is 17.0 Å². The molecule has 7 heteroatoms. The van der Waals surface area contributed by atoms with Gasteiger partial charge in [0.2, 0.25) is 5.91 Å². The highest BCUT2D eigenvalue weighted by Gasteiger charge is 2.15. The van der Waals surface area contributed by atoms with Crippen molar-refractivity contribution in [1.29, 1.82) is 0 Å². The van der Waals surface area contributed by atoms with Gasteiger partial charge in [0.05, 0.1) is 18.3 Å². The molecule has 24 heavy (non-hydrogen) atoms. The Labute approximate surface area is 151 Å². The number of amides is 1. The molecule has 0 saturated carbocycles. The zero-order valence-corrected chi connectivity index (χ0v) is 15.6. The smallest absolute Gasteiger partial charge is 0.243 e. The van der Waals surface area contributed by atoms with Gasteiger partial charge in [-0.1, -0.05) is 6.92 Å². The molecule has 0 spiro atoms. The number of anilines is 1. The van der Waals surface area contributed by atoms with Gasteiger partial charge >= 0.3 is 0 Å². The first-order valence-electron chi connectivity index (χ1n) is 7.88. The highest BCUT2D eigenvalue weighted by atomic mass is 32.2. The van der Waals surface area contributed by atoms with Gasteiger partial charge in [-0.2, -0.15) is 11.8 Å². The van der Waals surface area contributed by atoms with E-state index in [4.69, 9.17) is 10.5 Å². The maximum Gasteiger partial charge on any atom is 0.243 e. The number of nitrogens with one attached hydrogen (secondary N) is 1. The van der Waals surface area contributed by atoms with Crippen LogP contribution in [0.15, 0.2) is 29.6 Å². The van der Waals surface area contributed by atoms with Gasteiger partial charge in [-0.25, -0.2) is 4.98 Å². The third kappa shape index (κ3) is 5.51. The molecule has 0 fully saturated rings. The third-order valence-electron chi connectivity index (χ3n) is 3.33. The van der Waals surface area contributed by atoms with Gasteiger partial charge in [-0.05, 0) is 49.1 Å². The lowest BCUT2D eigenvalue weighted by Gasteiger charge is -2.09. The molecule has 2 aromatic rings. The highest BCUT2D eigenvalue weighted by Crippen LogP contribution is 2.26. The van der Waals surface area contributed by atoms with Crippen LogP contribution < -0.4 is 15.8 Å². The Bertz CT molecular complexity index is 644. The molecule has 0 unspecified atom stereocenters. The first-order valence-corrected chi connectivity index (χ1v) is 10.2. The lowest BCUT2D eigenvalue weighted by Crippen LogP contribution is -2.36. The van der Waals surface area contributed by atoms with E-state index in [1.165, 1.54) is 11.3 Å². The summed E-state index contributed by atoms with van der Waals surface area (Å²) < 4.78 is 5.57. The number of aromatic nitrogens is 1. The number of carbonyl (C=O) groups is 1. The lowest BCUT2D eigenvalue weighted by atomic mass is 10.2. The number of rotatable bonds is 9. The van der Waals surface area contributed by atoms with Gasteiger partial charge in [-0.15, -0.1) is 11.3 Å². The minimum atomic E-state index is -0.500. The maximum absolute atomic E-state index is 12.0. The Morgan fingerprint density at radius 3 is 2.83 bits per heavy atom. The predicted molar refractivity (Wildman–Crippen MR) is 103 cm³/mol. The number of nitrogens with two attached hydrogens (primary N) is 1. The van der Waals surface area contributed by atoms with Crippen LogP contribution in [0.4, 0.5) is 5.13 Å². The second-order valence-electron chi connectivity index (χ2n) is 5.29. The van der Waals surface area contributed by atoms with Crippen molar-refractivity contribution in [2.75, 3.05) is 23.9 Å². The summed E-state index contributed by atoms with van der Waals surface area (Å²) in [6.45, 7) is 2.79. The molecule has 0 aliphatic carbocycles. The molecular formula is C17H23N3O2S2. The van der Waals surface area contributed by atoms with Gasteiger partial charge in [0.25, 0.3) is 0 Å². The van der Waals surface area contributed by atoms with Gasteiger partial charge in [0.15, 0.2) is 5.13 Å². The van der Waals surface area contributed by atoms with Gasteiger partial charge in [0.1, 0.15) is 5.75 Å². The number of hydrogen-bond donors (Lipinski definition) is 2. The van der Waals surface area contributed by atoms with Crippen LogP contribution >= 0.6 is 23.1 Å². The van der Waals surface area contributed by atoms with E-state index in [1.54, 1.807) is 11.8 Å². The van der Waals surface area contributed by atoms with Gasteiger partial charge in [0, 0.05) is 10.9 Å². The molecule has 1 amide bonds. The second kappa shape index (κ2) is 9.66.